The number of rotatable bonds is 3. The predicted molar refractivity (Wildman–Crippen MR) is 72.4 cm³/mol. The van der Waals surface area contributed by atoms with Gasteiger partial charge in [-0.15, -0.1) is 11.3 Å². The van der Waals surface area contributed by atoms with Gasteiger partial charge in [-0.2, -0.15) is 0 Å². The number of thiophene rings is 1. The van der Waals surface area contributed by atoms with Gasteiger partial charge >= 0.3 is 5.97 Å². The Kier molecular flexibility index (Phi) is 4.40. The van der Waals surface area contributed by atoms with E-state index in [4.69, 9.17) is 16.7 Å². The summed E-state index contributed by atoms with van der Waals surface area (Å²) in [5.74, 6) is -1.50. The Hall–Kier alpha value is -1.07. The topological polar surface area (TPSA) is 66.4 Å². The summed E-state index contributed by atoms with van der Waals surface area (Å²) in [4.78, 5) is 23.5. The fourth-order valence-electron chi connectivity index (χ4n) is 1.43. The van der Waals surface area contributed by atoms with Crippen LogP contribution in [0.4, 0.5) is 0 Å². The number of aryl methyl sites for hydroxylation is 1. The van der Waals surface area contributed by atoms with Gasteiger partial charge in [0.2, 0.25) is 0 Å². The number of hydrogen-bond acceptors (Lipinski definition) is 3. The average Bonchev–Trinajstić information content (AvgIpc) is 2.54. The minimum absolute atomic E-state index is 0.352. The first kappa shape index (κ1) is 15.0. The van der Waals surface area contributed by atoms with Gasteiger partial charge in [-0.1, -0.05) is 32.4 Å². The number of carbonyl (C=O) groups is 2. The first-order valence-corrected chi connectivity index (χ1v) is 6.67. The second-order valence-electron chi connectivity index (χ2n) is 5.17. The molecule has 1 aromatic heterocycles. The van der Waals surface area contributed by atoms with E-state index in [9.17, 15) is 9.59 Å². The smallest absolute Gasteiger partial charge is 0.326 e. The second kappa shape index (κ2) is 5.28. The summed E-state index contributed by atoms with van der Waals surface area (Å²) in [5.41, 5.74) is 0.245. The van der Waals surface area contributed by atoms with E-state index in [-0.39, 0.29) is 0 Å². The molecule has 0 aliphatic heterocycles. The van der Waals surface area contributed by atoms with Gasteiger partial charge in [-0.25, -0.2) is 4.79 Å². The molecule has 0 saturated heterocycles. The van der Waals surface area contributed by atoms with Crippen molar-refractivity contribution in [2.24, 2.45) is 5.41 Å². The number of halogens is 1. The zero-order valence-corrected chi connectivity index (χ0v) is 12.3. The van der Waals surface area contributed by atoms with Crippen molar-refractivity contribution in [3.8, 4) is 0 Å². The summed E-state index contributed by atoms with van der Waals surface area (Å²) in [6.45, 7) is 7.07. The molecule has 1 heterocycles. The third kappa shape index (κ3) is 3.23. The maximum atomic E-state index is 12.0. The first-order chi connectivity index (χ1) is 8.14. The third-order valence-electron chi connectivity index (χ3n) is 2.49. The summed E-state index contributed by atoms with van der Waals surface area (Å²) in [5, 5.41) is 13.8. The monoisotopic (exact) mass is 289 g/mol. The number of hydrogen-bond donors (Lipinski definition) is 2. The van der Waals surface area contributed by atoms with Crippen LogP contribution in [0.25, 0.3) is 0 Å². The normalized spacial score (nSPS) is 13.2. The summed E-state index contributed by atoms with van der Waals surface area (Å²) in [7, 11) is 0. The highest BCUT2D eigenvalue weighted by molar-refractivity contribution is 7.13. The van der Waals surface area contributed by atoms with Crippen molar-refractivity contribution < 1.29 is 14.7 Å². The van der Waals surface area contributed by atoms with E-state index in [0.29, 0.717) is 9.90 Å². The van der Waals surface area contributed by atoms with E-state index >= 15 is 0 Å². The molecule has 0 aliphatic carbocycles. The lowest BCUT2D eigenvalue weighted by Crippen LogP contribution is -2.48. The molecule has 1 aromatic rings. The number of aliphatic carboxylic acids is 1. The molecule has 4 nitrogen and oxygen atoms in total. The number of carboxylic acids is 1. The highest BCUT2D eigenvalue weighted by Crippen LogP contribution is 2.28. The molecule has 0 aliphatic rings. The lowest BCUT2D eigenvalue weighted by atomic mass is 9.87. The molecule has 0 saturated carbocycles. The molecule has 0 spiro atoms. The fraction of sp³-hybridized carbons (Fsp3) is 0.500. The van der Waals surface area contributed by atoms with Crippen LogP contribution < -0.4 is 5.32 Å². The third-order valence-corrected chi connectivity index (χ3v) is 4.19. The minimum atomic E-state index is -1.06. The Morgan fingerprint density at radius 3 is 2.33 bits per heavy atom. The second-order valence-corrected chi connectivity index (χ2v) is 6.43. The molecule has 1 amide bonds. The van der Waals surface area contributed by atoms with Gasteiger partial charge in [0.15, 0.2) is 0 Å². The zero-order valence-electron chi connectivity index (χ0n) is 10.7. The average molecular weight is 290 g/mol. The number of amides is 1. The van der Waals surface area contributed by atoms with E-state index < -0.39 is 23.3 Å². The Balaban J connectivity index is 2.93. The zero-order chi connectivity index (χ0) is 14.1. The van der Waals surface area contributed by atoms with Crippen LogP contribution in [0, 0.1) is 12.3 Å². The standard InChI is InChI=1S/C12H16ClNO3S/c1-6-5-18-8(7(6)13)10(15)14-9(11(16)17)12(2,3)4/h5,9H,1-4H3,(H,14,15)(H,16,17)/t9-/m0/s1. The van der Waals surface area contributed by atoms with E-state index in [1.807, 2.05) is 0 Å². The molecule has 0 aromatic carbocycles. The van der Waals surface area contributed by atoms with E-state index in [1.165, 1.54) is 11.3 Å². The lowest BCUT2D eigenvalue weighted by molar-refractivity contribution is -0.142. The molecule has 0 radical (unpaired) electrons. The molecule has 1 rings (SSSR count). The Morgan fingerprint density at radius 2 is 2.00 bits per heavy atom. The van der Waals surface area contributed by atoms with Gasteiger partial charge in [-0.05, 0) is 23.3 Å². The van der Waals surface area contributed by atoms with Crippen LogP contribution in [0.2, 0.25) is 5.02 Å². The van der Waals surface area contributed by atoms with Crippen LogP contribution in [0.15, 0.2) is 5.38 Å². The molecule has 2 N–H and O–H groups in total. The van der Waals surface area contributed by atoms with Crippen molar-refractivity contribution >= 4 is 34.8 Å². The van der Waals surface area contributed by atoms with Gasteiger partial charge < -0.3 is 10.4 Å². The van der Waals surface area contributed by atoms with Crippen molar-refractivity contribution in [3.63, 3.8) is 0 Å². The predicted octanol–water partition coefficient (Wildman–Crippen LogP) is 2.94. The minimum Gasteiger partial charge on any atom is -0.480 e. The van der Waals surface area contributed by atoms with Crippen molar-refractivity contribution in [3.05, 3.63) is 20.8 Å². The maximum absolute atomic E-state index is 12.0. The van der Waals surface area contributed by atoms with Crippen molar-refractivity contribution in [2.75, 3.05) is 0 Å². The van der Waals surface area contributed by atoms with Crippen molar-refractivity contribution in [1.29, 1.82) is 0 Å². The molecule has 0 unspecified atom stereocenters. The van der Waals surface area contributed by atoms with Gasteiger partial charge in [0.25, 0.3) is 5.91 Å². The Bertz CT molecular complexity index is 476. The van der Waals surface area contributed by atoms with Gasteiger partial charge in [-0.3, -0.25) is 4.79 Å². The van der Waals surface area contributed by atoms with E-state index in [1.54, 1.807) is 33.1 Å². The summed E-state index contributed by atoms with van der Waals surface area (Å²) >= 11 is 7.19. The Morgan fingerprint density at radius 1 is 1.44 bits per heavy atom. The molecule has 0 fully saturated rings. The summed E-state index contributed by atoms with van der Waals surface area (Å²) in [6, 6.07) is -0.955. The van der Waals surface area contributed by atoms with Crippen LogP contribution >= 0.6 is 22.9 Å². The van der Waals surface area contributed by atoms with Gasteiger partial charge in [0.05, 0.1) is 5.02 Å². The molecule has 100 valence electrons. The van der Waals surface area contributed by atoms with E-state index in [2.05, 4.69) is 5.32 Å². The molecular weight excluding hydrogens is 274 g/mol. The highest BCUT2D eigenvalue weighted by Gasteiger charge is 2.33. The number of carboxylic acid groups (broad SMARTS) is 1. The summed E-state index contributed by atoms with van der Waals surface area (Å²) in [6.07, 6.45) is 0. The quantitative estimate of drug-likeness (QED) is 0.899. The van der Waals surface area contributed by atoms with Gasteiger partial charge in [0, 0.05) is 0 Å². The van der Waals surface area contributed by atoms with Crippen LogP contribution in [-0.4, -0.2) is 23.0 Å². The molecule has 1 atom stereocenters. The largest absolute Gasteiger partial charge is 0.480 e. The molecule has 18 heavy (non-hydrogen) atoms. The van der Waals surface area contributed by atoms with Crippen LogP contribution in [-0.2, 0) is 4.79 Å². The molecule has 6 heteroatoms. The van der Waals surface area contributed by atoms with E-state index in [0.717, 1.165) is 5.56 Å². The van der Waals surface area contributed by atoms with Crippen LogP contribution in [0.1, 0.15) is 36.0 Å². The molecule has 0 bridgehead atoms. The maximum Gasteiger partial charge on any atom is 0.326 e. The van der Waals surface area contributed by atoms with Gasteiger partial charge in [0.1, 0.15) is 10.9 Å². The van der Waals surface area contributed by atoms with Crippen molar-refractivity contribution in [1.82, 2.24) is 5.32 Å². The molecular formula is C12H16ClNO3S. The SMILES string of the molecule is Cc1csc(C(=O)N[C@@H](C(=O)O)C(C)(C)C)c1Cl. The number of nitrogens with one attached hydrogen (secondary N) is 1. The highest BCUT2D eigenvalue weighted by atomic mass is 35.5. The number of carbonyl (C=O) groups excluding carboxylic acids is 1. The van der Waals surface area contributed by atoms with Crippen LogP contribution in [0.5, 0.6) is 0 Å². The van der Waals surface area contributed by atoms with Crippen molar-refractivity contribution in [2.45, 2.75) is 33.7 Å². The van der Waals surface area contributed by atoms with Crippen LogP contribution in [0.3, 0.4) is 0 Å². The first-order valence-electron chi connectivity index (χ1n) is 5.42. The summed E-state index contributed by atoms with van der Waals surface area (Å²) < 4.78 is 0. The Labute approximate surface area is 115 Å². The lowest BCUT2D eigenvalue weighted by Gasteiger charge is -2.27. The fourth-order valence-corrected chi connectivity index (χ4v) is 2.61.